The molecule has 12 heteroatoms. The highest BCUT2D eigenvalue weighted by atomic mass is 127. The van der Waals surface area contributed by atoms with Crippen molar-refractivity contribution >= 4 is 83.1 Å². The topological polar surface area (TPSA) is 84.9 Å². The monoisotopic (exact) mass is 610 g/mol. The first kappa shape index (κ1) is 21.1. The first-order valence-electron chi connectivity index (χ1n) is 7.52. The van der Waals surface area contributed by atoms with Crippen molar-refractivity contribution in [2.75, 3.05) is 39.7 Å². The first-order valence-corrected chi connectivity index (χ1v) is 12.1. The Hall–Kier alpha value is -0.210. The van der Waals surface area contributed by atoms with E-state index in [1.165, 1.54) is 16.2 Å². The lowest BCUT2D eigenvalue weighted by Crippen LogP contribution is -2.56. The van der Waals surface area contributed by atoms with Gasteiger partial charge in [-0.05, 0) is 0 Å². The van der Waals surface area contributed by atoms with E-state index in [-0.39, 0.29) is 12.6 Å². The van der Waals surface area contributed by atoms with Crippen LogP contribution in [0.5, 0.6) is 0 Å². The van der Waals surface area contributed by atoms with Gasteiger partial charge in [0.25, 0.3) is 0 Å². The molecule has 1 aromatic heterocycles. The van der Waals surface area contributed by atoms with Crippen LogP contribution >= 0.6 is 65.8 Å². The highest BCUT2D eigenvalue weighted by molar-refractivity contribution is 14.1. The zero-order valence-corrected chi connectivity index (χ0v) is 19.3. The number of halogens is 3. The molecule has 25 heavy (non-hydrogen) atoms. The van der Waals surface area contributed by atoms with Gasteiger partial charge in [0.1, 0.15) is 11.6 Å². The first-order chi connectivity index (χ1) is 12.1. The number of aromatic nitrogens is 2. The van der Waals surface area contributed by atoms with Crippen molar-refractivity contribution in [3.05, 3.63) is 5.01 Å². The molecule has 0 saturated carbocycles. The van der Waals surface area contributed by atoms with Gasteiger partial charge in [-0.3, -0.25) is 0 Å². The van der Waals surface area contributed by atoms with Crippen LogP contribution in [-0.4, -0.2) is 68.3 Å². The standard InChI is InChI=1S/C13H17Br2IN4O4S/c14-3-1-9-17-18-11(25-9)20-10(24-13(22)23-8-5-16)2-6-19(7-4-15)12(20)21/h10H,1-8H2. The van der Waals surface area contributed by atoms with Crippen LogP contribution in [0, 0.1) is 0 Å². The van der Waals surface area contributed by atoms with E-state index in [4.69, 9.17) is 9.47 Å². The summed E-state index contributed by atoms with van der Waals surface area (Å²) in [5.41, 5.74) is 0. The van der Waals surface area contributed by atoms with E-state index in [1.807, 2.05) is 0 Å². The Morgan fingerprint density at radius 2 is 2.16 bits per heavy atom. The van der Waals surface area contributed by atoms with Gasteiger partial charge >= 0.3 is 12.2 Å². The Balaban J connectivity index is 2.17. The maximum atomic E-state index is 12.8. The summed E-state index contributed by atoms with van der Waals surface area (Å²) >= 11 is 10.1. The highest BCUT2D eigenvalue weighted by Crippen LogP contribution is 2.29. The fourth-order valence-electron chi connectivity index (χ4n) is 2.18. The summed E-state index contributed by atoms with van der Waals surface area (Å²) in [7, 11) is 0. The lowest BCUT2D eigenvalue weighted by molar-refractivity contribution is 0.0161. The van der Waals surface area contributed by atoms with Gasteiger partial charge in [-0.1, -0.05) is 65.8 Å². The molecule has 1 unspecified atom stereocenters. The second-order valence-corrected chi connectivity index (χ2v) is 8.60. The van der Waals surface area contributed by atoms with Gasteiger partial charge in [-0.15, -0.1) is 10.2 Å². The molecule has 2 rings (SSSR count). The van der Waals surface area contributed by atoms with E-state index in [2.05, 4.69) is 64.6 Å². The van der Waals surface area contributed by atoms with Gasteiger partial charge in [0.15, 0.2) is 6.23 Å². The Morgan fingerprint density at radius 1 is 1.36 bits per heavy atom. The molecule has 0 bridgehead atoms. The van der Waals surface area contributed by atoms with Crippen molar-refractivity contribution in [1.82, 2.24) is 15.1 Å². The fraction of sp³-hybridized carbons (Fsp3) is 0.692. The molecule has 8 nitrogen and oxygen atoms in total. The van der Waals surface area contributed by atoms with Gasteiger partial charge in [-0.25, -0.2) is 14.5 Å². The van der Waals surface area contributed by atoms with Crippen molar-refractivity contribution in [2.45, 2.75) is 19.1 Å². The summed E-state index contributed by atoms with van der Waals surface area (Å²) in [5, 5.41) is 10.9. The Labute approximate surface area is 180 Å². The van der Waals surface area contributed by atoms with E-state index >= 15 is 0 Å². The zero-order chi connectivity index (χ0) is 18.2. The van der Waals surface area contributed by atoms with Crippen LogP contribution in [0.3, 0.4) is 0 Å². The average Bonchev–Trinajstić information content (AvgIpc) is 3.04. The van der Waals surface area contributed by atoms with Gasteiger partial charge in [0.05, 0.1) is 0 Å². The largest absolute Gasteiger partial charge is 0.510 e. The van der Waals surface area contributed by atoms with E-state index < -0.39 is 12.4 Å². The number of anilines is 1. The van der Waals surface area contributed by atoms with Crippen LogP contribution in [0.25, 0.3) is 0 Å². The number of hydrogen-bond donors (Lipinski definition) is 0. The normalized spacial score (nSPS) is 17.7. The predicted octanol–water partition coefficient (Wildman–Crippen LogP) is 3.42. The van der Waals surface area contributed by atoms with E-state index in [9.17, 15) is 9.59 Å². The summed E-state index contributed by atoms with van der Waals surface area (Å²) in [6, 6.07) is -0.251. The lowest BCUT2D eigenvalue weighted by Gasteiger charge is -2.38. The number of aryl methyl sites for hydroxylation is 1. The molecule has 140 valence electrons. The molecule has 2 heterocycles. The maximum Gasteiger partial charge on any atom is 0.510 e. The number of hydrogen-bond acceptors (Lipinski definition) is 7. The molecule has 0 spiro atoms. The molecule has 1 aliphatic rings. The van der Waals surface area contributed by atoms with Crippen LogP contribution in [-0.2, 0) is 15.9 Å². The lowest BCUT2D eigenvalue weighted by atomic mass is 10.2. The van der Waals surface area contributed by atoms with Crippen molar-refractivity contribution < 1.29 is 19.1 Å². The minimum atomic E-state index is -0.779. The van der Waals surface area contributed by atoms with Crippen molar-refractivity contribution in [2.24, 2.45) is 0 Å². The number of amides is 2. The number of rotatable bonds is 8. The minimum absolute atomic E-state index is 0.251. The van der Waals surface area contributed by atoms with Crippen LogP contribution in [0.4, 0.5) is 14.7 Å². The van der Waals surface area contributed by atoms with Gasteiger partial charge in [0, 0.05) is 41.0 Å². The van der Waals surface area contributed by atoms with Crippen molar-refractivity contribution in [1.29, 1.82) is 0 Å². The van der Waals surface area contributed by atoms with Gasteiger partial charge in [0.2, 0.25) is 5.13 Å². The third kappa shape index (κ3) is 5.89. The number of carbonyl (C=O) groups is 2. The summed E-state index contributed by atoms with van der Waals surface area (Å²) in [5.74, 6) is 0. The number of urea groups is 1. The molecule has 1 saturated heterocycles. The van der Waals surface area contributed by atoms with Gasteiger partial charge in [-0.2, -0.15) is 0 Å². The SMILES string of the molecule is O=C(OCCI)OC1CCN(CCBr)C(=O)N1c1nnc(CCBr)s1. The zero-order valence-electron chi connectivity index (χ0n) is 13.2. The average molecular weight is 612 g/mol. The Kier molecular flexibility index (Phi) is 9.13. The quantitative estimate of drug-likeness (QED) is 0.255. The molecule has 1 aliphatic heterocycles. The summed E-state index contributed by atoms with van der Waals surface area (Å²) in [4.78, 5) is 27.7. The Morgan fingerprint density at radius 3 is 2.84 bits per heavy atom. The molecular weight excluding hydrogens is 595 g/mol. The second-order valence-electron chi connectivity index (χ2n) is 4.89. The molecule has 0 N–H and O–H groups in total. The second kappa shape index (κ2) is 10.8. The summed E-state index contributed by atoms with van der Waals surface area (Å²) in [6.45, 7) is 1.33. The third-order valence-electron chi connectivity index (χ3n) is 3.26. The van der Waals surface area contributed by atoms with E-state index in [0.29, 0.717) is 40.8 Å². The molecule has 1 atom stereocenters. The summed E-state index contributed by atoms with van der Waals surface area (Å²) < 4.78 is 11.0. The molecule has 0 radical (unpaired) electrons. The molecule has 2 amide bonds. The molecule has 0 aromatic carbocycles. The van der Waals surface area contributed by atoms with E-state index in [0.717, 1.165) is 10.3 Å². The number of ether oxygens (including phenoxy) is 2. The van der Waals surface area contributed by atoms with E-state index in [1.54, 1.807) is 4.90 Å². The van der Waals surface area contributed by atoms with Crippen molar-refractivity contribution in [3.8, 4) is 0 Å². The van der Waals surface area contributed by atoms with Crippen LogP contribution < -0.4 is 4.90 Å². The fourth-order valence-corrected chi connectivity index (χ4v) is 4.34. The molecular formula is C13H17Br2IN4O4S. The van der Waals surface area contributed by atoms with Crippen LogP contribution in [0.1, 0.15) is 11.4 Å². The number of carbonyl (C=O) groups excluding carboxylic acids is 2. The smallest absolute Gasteiger partial charge is 0.433 e. The maximum absolute atomic E-state index is 12.8. The summed E-state index contributed by atoms with van der Waals surface area (Å²) in [6.07, 6.45) is -0.330. The number of nitrogens with zero attached hydrogens (tertiary/aromatic N) is 4. The van der Waals surface area contributed by atoms with Crippen LogP contribution in [0.2, 0.25) is 0 Å². The van der Waals surface area contributed by atoms with Crippen LogP contribution in [0.15, 0.2) is 0 Å². The number of alkyl halides is 3. The predicted molar refractivity (Wildman–Crippen MR) is 110 cm³/mol. The molecule has 1 fully saturated rings. The Bertz CT molecular complexity index is 594. The third-order valence-corrected chi connectivity index (χ3v) is 5.44. The minimum Gasteiger partial charge on any atom is -0.433 e. The molecule has 0 aliphatic carbocycles. The van der Waals surface area contributed by atoms with Gasteiger partial charge < -0.3 is 14.4 Å². The van der Waals surface area contributed by atoms with Crippen molar-refractivity contribution in [3.63, 3.8) is 0 Å². The highest BCUT2D eigenvalue weighted by Gasteiger charge is 2.38. The molecule has 1 aromatic rings.